The third kappa shape index (κ3) is 2.31. The predicted octanol–water partition coefficient (Wildman–Crippen LogP) is 3.30. The Morgan fingerprint density at radius 3 is 2.62 bits per heavy atom. The number of halogens is 1. The van der Waals surface area contributed by atoms with Gasteiger partial charge in [0.2, 0.25) is 17.7 Å². The molecule has 9 nitrogen and oxygen atoms in total. The molecule has 3 fully saturated rings. The molecular weight excluding hydrogens is 460 g/mol. The summed E-state index contributed by atoms with van der Waals surface area (Å²) in [6.07, 6.45) is 1.50. The zero-order chi connectivity index (χ0) is 24.1. The van der Waals surface area contributed by atoms with Gasteiger partial charge in [0.25, 0.3) is 5.69 Å². The number of nitro groups is 1. The Hall–Kier alpha value is -3.30. The molecule has 174 valence electrons. The second-order valence-corrected chi connectivity index (χ2v) is 9.82. The van der Waals surface area contributed by atoms with Crippen molar-refractivity contribution in [3.8, 4) is 0 Å². The van der Waals surface area contributed by atoms with Crippen molar-refractivity contribution in [2.75, 3.05) is 16.8 Å². The Morgan fingerprint density at radius 2 is 1.88 bits per heavy atom. The third-order valence-electron chi connectivity index (χ3n) is 8.08. The van der Waals surface area contributed by atoms with Crippen LogP contribution in [0.5, 0.6) is 0 Å². The lowest BCUT2D eigenvalue weighted by molar-refractivity contribution is -0.385. The molecule has 4 aliphatic rings. The van der Waals surface area contributed by atoms with Gasteiger partial charge in [0.05, 0.1) is 33.7 Å². The molecular formula is C24H21ClN4O5. The van der Waals surface area contributed by atoms with E-state index in [0.717, 1.165) is 11.3 Å². The van der Waals surface area contributed by atoms with Crippen molar-refractivity contribution in [3.05, 3.63) is 62.2 Å². The van der Waals surface area contributed by atoms with Crippen molar-refractivity contribution < 1.29 is 19.3 Å². The average molecular weight is 481 g/mol. The Labute approximate surface area is 199 Å². The number of benzene rings is 2. The smallest absolute Gasteiger partial charge is 0.274 e. The van der Waals surface area contributed by atoms with Gasteiger partial charge < -0.3 is 5.32 Å². The number of imide groups is 1. The van der Waals surface area contributed by atoms with Crippen LogP contribution in [0.25, 0.3) is 0 Å². The highest BCUT2D eigenvalue weighted by Crippen LogP contribution is 2.61. The molecule has 1 N–H and O–H groups in total. The molecule has 0 radical (unpaired) electrons. The minimum atomic E-state index is -1.31. The van der Waals surface area contributed by atoms with Gasteiger partial charge in [-0.2, -0.15) is 0 Å². The van der Waals surface area contributed by atoms with E-state index in [9.17, 15) is 24.5 Å². The van der Waals surface area contributed by atoms with Crippen molar-refractivity contribution in [2.24, 2.45) is 11.8 Å². The van der Waals surface area contributed by atoms with Gasteiger partial charge in [-0.05, 0) is 50.9 Å². The van der Waals surface area contributed by atoms with E-state index in [2.05, 4.69) is 5.32 Å². The van der Waals surface area contributed by atoms with Gasteiger partial charge in [0, 0.05) is 22.7 Å². The first kappa shape index (κ1) is 21.2. The first-order valence-corrected chi connectivity index (χ1v) is 11.6. The van der Waals surface area contributed by atoms with Crippen molar-refractivity contribution in [1.29, 1.82) is 0 Å². The van der Waals surface area contributed by atoms with Crippen LogP contribution in [0.4, 0.5) is 17.1 Å². The number of amides is 3. The summed E-state index contributed by atoms with van der Waals surface area (Å²) in [5, 5.41) is 14.9. The standard InChI is InChI=1S/C24H21ClN4O5/c1-11-14(25)9-8-13-20(11)26-23(32)24(13)19-18(17-7-4-10-27(17)24)21(30)28(22(19)31)15-5-3-6-16(12(15)2)29(33)34/h3,5-6,8-9,17-19H,4,7,10H2,1-2H3,(H,26,32)/t17-,18+,19-,24+/m0/s1. The Bertz CT molecular complexity index is 1340. The third-order valence-corrected chi connectivity index (χ3v) is 8.49. The summed E-state index contributed by atoms with van der Waals surface area (Å²) in [6, 6.07) is 7.59. The molecule has 4 aliphatic heterocycles. The number of nitro benzene ring substituents is 1. The summed E-state index contributed by atoms with van der Waals surface area (Å²) in [5.41, 5.74) is 0.932. The topological polar surface area (TPSA) is 113 Å². The SMILES string of the molecule is Cc1c(N2C(=O)[C@H]3[C@@H](C2=O)[C@]2(C(=O)Nc4c2ccc(Cl)c4C)N2CCC[C@@H]32)cccc1[N+](=O)[O-]. The lowest BCUT2D eigenvalue weighted by Crippen LogP contribution is -2.54. The lowest BCUT2D eigenvalue weighted by atomic mass is 9.75. The highest BCUT2D eigenvalue weighted by atomic mass is 35.5. The summed E-state index contributed by atoms with van der Waals surface area (Å²) in [6.45, 7) is 3.94. The Balaban J connectivity index is 1.56. The second-order valence-electron chi connectivity index (χ2n) is 9.41. The van der Waals surface area contributed by atoms with Crippen LogP contribution >= 0.6 is 11.6 Å². The average Bonchev–Trinajstić information content (AvgIpc) is 3.50. The molecule has 34 heavy (non-hydrogen) atoms. The molecule has 10 heteroatoms. The quantitative estimate of drug-likeness (QED) is 0.401. The van der Waals surface area contributed by atoms with Crippen LogP contribution in [0.3, 0.4) is 0 Å². The van der Waals surface area contributed by atoms with E-state index in [4.69, 9.17) is 11.6 Å². The fourth-order valence-corrected chi connectivity index (χ4v) is 6.84. The molecule has 3 saturated heterocycles. The molecule has 0 aliphatic carbocycles. The molecule has 1 spiro atoms. The summed E-state index contributed by atoms with van der Waals surface area (Å²) in [4.78, 5) is 55.6. The fraction of sp³-hybridized carbons (Fsp3) is 0.375. The van der Waals surface area contributed by atoms with E-state index < -0.39 is 34.1 Å². The fourth-order valence-electron chi connectivity index (χ4n) is 6.68. The normalized spacial score (nSPS) is 29.6. The summed E-state index contributed by atoms with van der Waals surface area (Å²) in [5.74, 6) is -2.86. The molecule has 3 amide bonds. The molecule has 0 bridgehead atoms. The van der Waals surface area contributed by atoms with E-state index in [0.29, 0.717) is 34.8 Å². The summed E-state index contributed by atoms with van der Waals surface area (Å²) < 4.78 is 0. The zero-order valence-electron chi connectivity index (χ0n) is 18.5. The predicted molar refractivity (Wildman–Crippen MR) is 124 cm³/mol. The van der Waals surface area contributed by atoms with E-state index in [-0.39, 0.29) is 28.9 Å². The molecule has 4 heterocycles. The number of fused-ring (bicyclic) bond motifs is 7. The van der Waals surface area contributed by atoms with Gasteiger partial charge in [-0.15, -0.1) is 0 Å². The molecule has 2 aromatic carbocycles. The van der Waals surface area contributed by atoms with Gasteiger partial charge in [0.15, 0.2) is 0 Å². The highest BCUT2D eigenvalue weighted by molar-refractivity contribution is 6.32. The molecule has 0 saturated carbocycles. The Kier molecular flexibility index (Phi) is 4.29. The molecule has 2 aromatic rings. The van der Waals surface area contributed by atoms with Crippen LogP contribution < -0.4 is 10.2 Å². The number of carbonyl (C=O) groups is 3. The zero-order valence-corrected chi connectivity index (χ0v) is 19.3. The maximum absolute atomic E-state index is 14.0. The number of hydrogen-bond donors (Lipinski definition) is 1. The largest absolute Gasteiger partial charge is 0.324 e. The van der Waals surface area contributed by atoms with Gasteiger partial charge >= 0.3 is 0 Å². The van der Waals surface area contributed by atoms with Crippen molar-refractivity contribution in [3.63, 3.8) is 0 Å². The second kappa shape index (κ2) is 6.86. The van der Waals surface area contributed by atoms with Crippen LogP contribution in [0.1, 0.15) is 29.5 Å². The summed E-state index contributed by atoms with van der Waals surface area (Å²) in [7, 11) is 0. The Morgan fingerprint density at radius 1 is 1.12 bits per heavy atom. The van der Waals surface area contributed by atoms with E-state index in [1.807, 2.05) is 11.8 Å². The van der Waals surface area contributed by atoms with Crippen molar-refractivity contribution in [1.82, 2.24) is 4.90 Å². The minimum absolute atomic E-state index is 0.165. The monoisotopic (exact) mass is 480 g/mol. The summed E-state index contributed by atoms with van der Waals surface area (Å²) >= 11 is 6.32. The molecule has 0 unspecified atom stereocenters. The number of carbonyl (C=O) groups excluding carboxylic acids is 3. The number of rotatable bonds is 2. The van der Waals surface area contributed by atoms with E-state index in [1.54, 1.807) is 18.2 Å². The maximum Gasteiger partial charge on any atom is 0.274 e. The van der Waals surface area contributed by atoms with E-state index in [1.165, 1.54) is 19.1 Å². The minimum Gasteiger partial charge on any atom is -0.324 e. The highest BCUT2D eigenvalue weighted by Gasteiger charge is 2.74. The van der Waals surface area contributed by atoms with Crippen molar-refractivity contribution >= 4 is 46.4 Å². The number of anilines is 2. The van der Waals surface area contributed by atoms with Crippen molar-refractivity contribution in [2.45, 2.75) is 38.3 Å². The van der Waals surface area contributed by atoms with Gasteiger partial charge in [0.1, 0.15) is 5.54 Å². The number of hydrogen-bond acceptors (Lipinski definition) is 6. The maximum atomic E-state index is 14.0. The number of nitrogens with one attached hydrogen (secondary N) is 1. The van der Waals surface area contributed by atoms with Crippen LogP contribution in [-0.4, -0.2) is 40.1 Å². The van der Waals surface area contributed by atoms with Crippen LogP contribution in [-0.2, 0) is 19.9 Å². The molecule has 0 aromatic heterocycles. The molecule has 4 atom stereocenters. The van der Waals surface area contributed by atoms with Crippen LogP contribution in [0.2, 0.25) is 5.02 Å². The molecule has 6 rings (SSSR count). The van der Waals surface area contributed by atoms with Gasteiger partial charge in [-0.25, -0.2) is 4.90 Å². The van der Waals surface area contributed by atoms with Gasteiger partial charge in [-0.3, -0.25) is 29.4 Å². The van der Waals surface area contributed by atoms with Crippen LogP contribution in [0, 0.1) is 35.8 Å². The van der Waals surface area contributed by atoms with Gasteiger partial charge in [-0.1, -0.05) is 23.7 Å². The first-order valence-electron chi connectivity index (χ1n) is 11.2. The van der Waals surface area contributed by atoms with Crippen LogP contribution in [0.15, 0.2) is 30.3 Å². The first-order chi connectivity index (χ1) is 16.2. The number of nitrogens with zero attached hydrogens (tertiary/aromatic N) is 3. The van der Waals surface area contributed by atoms with E-state index >= 15 is 0 Å². The lowest BCUT2D eigenvalue weighted by Gasteiger charge is -2.36.